The number of rotatable bonds is 3. The molecule has 0 fully saturated rings. The molecule has 1 rings (SSSR count). The highest BCUT2D eigenvalue weighted by Crippen LogP contribution is 2.32. The summed E-state index contributed by atoms with van der Waals surface area (Å²) in [5, 5.41) is 2.09. The average Bonchev–Trinajstić information content (AvgIpc) is 2.45. The minimum Gasteiger partial charge on any atom is -0.365 e. The van der Waals surface area contributed by atoms with Crippen molar-refractivity contribution in [1.29, 1.82) is 0 Å². The molecule has 0 saturated heterocycles. The van der Waals surface area contributed by atoms with Crippen LogP contribution >= 0.6 is 11.3 Å². The van der Waals surface area contributed by atoms with E-state index >= 15 is 0 Å². The largest absolute Gasteiger partial charge is 0.365 e. The van der Waals surface area contributed by atoms with Crippen molar-refractivity contribution in [3.05, 3.63) is 21.9 Å². The number of hydrogen-bond donors (Lipinski definition) is 1. The van der Waals surface area contributed by atoms with E-state index in [9.17, 15) is 0 Å². The second-order valence-electron chi connectivity index (χ2n) is 4.98. The standard InChI is InChI=1S/C12H21NOS/c1-8-6-7-15-11(8)10(9(2)13)14-12(3,4)5/h6-7,9-10H,13H2,1-5H3. The van der Waals surface area contributed by atoms with E-state index in [2.05, 4.69) is 39.1 Å². The summed E-state index contributed by atoms with van der Waals surface area (Å²) in [6, 6.07) is 2.13. The molecular formula is C12H21NOS. The van der Waals surface area contributed by atoms with Crippen molar-refractivity contribution in [3.63, 3.8) is 0 Å². The van der Waals surface area contributed by atoms with Crippen molar-refractivity contribution in [2.45, 2.75) is 52.4 Å². The Balaban J connectivity index is 2.89. The zero-order chi connectivity index (χ0) is 11.6. The fourth-order valence-corrected chi connectivity index (χ4v) is 2.53. The predicted molar refractivity (Wildman–Crippen MR) is 66.3 cm³/mol. The van der Waals surface area contributed by atoms with Crippen molar-refractivity contribution in [1.82, 2.24) is 0 Å². The van der Waals surface area contributed by atoms with E-state index in [-0.39, 0.29) is 17.7 Å². The van der Waals surface area contributed by atoms with E-state index in [0.29, 0.717) is 0 Å². The second kappa shape index (κ2) is 4.64. The first-order valence-corrected chi connectivity index (χ1v) is 6.16. The highest BCUT2D eigenvalue weighted by molar-refractivity contribution is 7.10. The minimum absolute atomic E-state index is 0.00463. The number of ether oxygens (including phenoxy) is 1. The Hall–Kier alpha value is -0.380. The average molecular weight is 227 g/mol. The molecular weight excluding hydrogens is 206 g/mol. The van der Waals surface area contributed by atoms with E-state index in [1.807, 2.05) is 6.92 Å². The molecule has 1 aromatic rings. The Morgan fingerprint density at radius 1 is 1.40 bits per heavy atom. The maximum absolute atomic E-state index is 6.01. The van der Waals surface area contributed by atoms with Crippen molar-refractivity contribution >= 4 is 11.3 Å². The van der Waals surface area contributed by atoms with Crippen molar-refractivity contribution < 1.29 is 4.74 Å². The van der Waals surface area contributed by atoms with Gasteiger partial charge in [0, 0.05) is 10.9 Å². The van der Waals surface area contributed by atoms with E-state index in [4.69, 9.17) is 10.5 Å². The molecule has 1 heterocycles. The minimum atomic E-state index is -0.158. The van der Waals surface area contributed by atoms with Gasteiger partial charge in [-0.3, -0.25) is 0 Å². The Morgan fingerprint density at radius 2 is 2.00 bits per heavy atom. The third kappa shape index (κ3) is 3.59. The molecule has 0 spiro atoms. The molecule has 86 valence electrons. The van der Waals surface area contributed by atoms with Gasteiger partial charge < -0.3 is 10.5 Å². The van der Waals surface area contributed by atoms with Crippen LogP contribution in [0.2, 0.25) is 0 Å². The molecule has 0 aromatic carbocycles. The van der Waals surface area contributed by atoms with Gasteiger partial charge in [-0.25, -0.2) is 0 Å². The van der Waals surface area contributed by atoms with Gasteiger partial charge in [0.05, 0.1) is 5.60 Å². The lowest BCUT2D eigenvalue weighted by Gasteiger charge is -2.30. The van der Waals surface area contributed by atoms with Crippen molar-refractivity contribution in [3.8, 4) is 0 Å². The zero-order valence-corrected chi connectivity index (χ0v) is 11.0. The summed E-state index contributed by atoms with van der Waals surface area (Å²) in [6.07, 6.45) is 0.00463. The van der Waals surface area contributed by atoms with Gasteiger partial charge in [-0.2, -0.15) is 0 Å². The smallest absolute Gasteiger partial charge is 0.107 e. The summed E-state index contributed by atoms with van der Waals surface area (Å²) in [7, 11) is 0. The number of aryl methyl sites for hydroxylation is 1. The maximum Gasteiger partial charge on any atom is 0.107 e. The molecule has 0 amide bonds. The third-order valence-electron chi connectivity index (χ3n) is 2.12. The number of hydrogen-bond acceptors (Lipinski definition) is 3. The van der Waals surface area contributed by atoms with Crippen LogP contribution < -0.4 is 5.73 Å². The SMILES string of the molecule is Cc1ccsc1C(OC(C)(C)C)C(C)N. The van der Waals surface area contributed by atoms with Crippen LogP contribution in [0.1, 0.15) is 44.2 Å². The second-order valence-corrected chi connectivity index (χ2v) is 5.93. The Kier molecular flexibility index (Phi) is 3.93. The summed E-state index contributed by atoms with van der Waals surface area (Å²) in [5.41, 5.74) is 7.10. The number of nitrogens with two attached hydrogens (primary N) is 1. The summed E-state index contributed by atoms with van der Waals surface area (Å²) < 4.78 is 6.01. The predicted octanol–water partition coefficient (Wildman–Crippen LogP) is 3.26. The monoisotopic (exact) mass is 227 g/mol. The molecule has 0 bridgehead atoms. The van der Waals surface area contributed by atoms with Gasteiger partial charge in [-0.15, -0.1) is 11.3 Å². The van der Waals surface area contributed by atoms with E-state index in [0.717, 1.165) is 0 Å². The van der Waals surface area contributed by atoms with Crippen LogP contribution in [0.15, 0.2) is 11.4 Å². The Morgan fingerprint density at radius 3 is 2.33 bits per heavy atom. The van der Waals surface area contributed by atoms with Gasteiger partial charge in [-0.05, 0) is 51.6 Å². The lowest BCUT2D eigenvalue weighted by molar-refractivity contribution is -0.0687. The summed E-state index contributed by atoms with van der Waals surface area (Å²) in [4.78, 5) is 1.25. The number of thiophene rings is 1. The first-order chi connectivity index (χ1) is 6.81. The van der Waals surface area contributed by atoms with Gasteiger partial charge >= 0.3 is 0 Å². The van der Waals surface area contributed by atoms with Crippen LogP contribution in [0, 0.1) is 6.92 Å². The molecule has 0 saturated carbocycles. The van der Waals surface area contributed by atoms with Crippen LogP contribution in [-0.2, 0) is 4.74 Å². The molecule has 2 nitrogen and oxygen atoms in total. The Bertz CT molecular complexity index is 312. The van der Waals surface area contributed by atoms with Crippen LogP contribution in [-0.4, -0.2) is 11.6 Å². The summed E-state index contributed by atoms with van der Waals surface area (Å²) in [5.74, 6) is 0. The van der Waals surface area contributed by atoms with E-state index in [1.54, 1.807) is 11.3 Å². The van der Waals surface area contributed by atoms with Gasteiger partial charge in [0.25, 0.3) is 0 Å². The molecule has 2 unspecified atom stereocenters. The molecule has 0 aliphatic heterocycles. The quantitative estimate of drug-likeness (QED) is 0.860. The highest BCUT2D eigenvalue weighted by Gasteiger charge is 2.25. The maximum atomic E-state index is 6.01. The van der Waals surface area contributed by atoms with Crippen molar-refractivity contribution in [2.75, 3.05) is 0 Å². The highest BCUT2D eigenvalue weighted by atomic mass is 32.1. The molecule has 0 aliphatic carbocycles. The topological polar surface area (TPSA) is 35.2 Å². The van der Waals surface area contributed by atoms with Gasteiger partial charge in [0.15, 0.2) is 0 Å². The summed E-state index contributed by atoms with van der Waals surface area (Å²) in [6.45, 7) is 10.3. The lowest BCUT2D eigenvalue weighted by atomic mass is 10.1. The van der Waals surface area contributed by atoms with Crippen LogP contribution in [0.5, 0.6) is 0 Å². The van der Waals surface area contributed by atoms with Crippen LogP contribution in [0.25, 0.3) is 0 Å². The fourth-order valence-electron chi connectivity index (χ4n) is 1.46. The van der Waals surface area contributed by atoms with Crippen LogP contribution in [0.4, 0.5) is 0 Å². The van der Waals surface area contributed by atoms with Crippen LogP contribution in [0.3, 0.4) is 0 Å². The molecule has 0 aliphatic rings. The normalized spacial score (nSPS) is 16.4. The molecule has 2 atom stereocenters. The zero-order valence-electron chi connectivity index (χ0n) is 10.2. The lowest BCUT2D eigenvalue weighted by Crippen LogP contribution is -2.33. The van der Waals surface area contributed by atoms with E-state index < -0.39 is 0 Å². The fraction of sp³-hybridized carbons (Fsp3) is 0.667. The molecule has 1 aromatic heterocycles. The van der Waals surface area contributed by atoms with E-state index in [1.165, 1.54) is 10.4 Å². The molecule has 2 N–H and O–H groups in total. The Labute approximate surface area is 96.4 Å². The first-order valence-electron chi connectivity index (χ1n) is 5.28. The van der Waals surface area contributed by atoms with Gasteiger partial charge in [0.2, 0.25) is 0 Å². The third-order valence-corrected chi connectivity index (χ3v) is 3.20. The van der Waals surface area contributed by atoms with Gasteiger partial charge in [-0.1, -0.05) is 0 Å². The molecule has 0 radical (unpaired) electrons. The summed E-state index contributed by atoms with van der Waals surface area (Å²) >= 11 is 1.72. The molecule has 3 heteroatoms. The molecule has 15 heavy (non-hydrogen) atoms. The van der Waals surface area contributed by atoms with Crippen molar-refractivity contribution in [2.24, 2.45) is 5.73 Å². The van der Waals surface area contributed by atoms with Gasteiger partial charge in [0.1, 0.15) is 6.10 Å². The first kappa shape index (κ1) is 12.7.